The highest BCUT2D eigenvalue weighted by Crippen LogP contribution is 2.54. The molecule has 4 bridgehead atoms. The van der Waals surface area contributed by atoms with Crippen LogP contribution in [0.2, 0.25) is 0 Å². The molecular weight excluding hydrogens is 156 g/mol. The van der Waals surface area contributed by atoms with Crippen molar-refractivity contribution in [3.05, 3.63) is 5.92 Å². The van der Waals surface area contributed by atoms with Gasteiger partial charge in [-0.15, -0.1) is 12.4 Å². The molecular formula is C10H16Cl. The van der Waals surface area contributed by atoms with E-state index in [0.29, 0.717) is 0 Å². The maximum absolute atomic E-state index is 1.93. The lowest BCUT2D eigenvalue weighted by atomic mass is 9.56. The average molecular weight is 172 g/mol. The fourth-order valence-corrected chi connectivity index (χ4v) is 3.68. The topological polar surface area (TPSA) is 0 Å². The monoisotopic (exact) mass is 171 g/mol. The van der Waals surface area contributed by atoms with E-state index >= 15 is 0 Å². The second kappa shape index (κ2) is 2.65. The lowest BCUT2D eigenvalue weighted by Gasteiger charge is -2.49. The van der Waals surface area contributed by atoms with E-state index < -0.39 is 0 Å². The number of hydrogen-bond donors (Lipinski definition) is 0. The molecule has 0 saturated heterocycles. The fraction of sp³-hybridized carbons (Fsp3) is 0.900. The molecule has 4 rings (SSSR count). The van der Waals surface area contributed by atoms with Crippen molar-refractivity contribution in [1.29, 1.82) is 0 Å². The van der Waals surface area contributed by atoms with E-state index in [1.54, 1.807) is 19.3 Å². The summed E-state index contributed by atoms with van der Waals surface area (Å²) < 4.78 is 0. The Balaban J connectivity index is 0.000000480. The Labute approximate surface area is 75.2 Å². The first kappa shape index (κ1) is 7.91. The van der Waals surface area contributed by atoms with Gasteiger partial charge in [-0.25, -0.2) is 0 Å². The van der Waals surface area contributed by atoms with Gasteiger partial charge in [-0.1, -0.05) is 0 Å². The van der Waals surface area contributed by atoms with Crippen LogP contribution in [0.25, 0.3) is 0 Å². The van der Waals surface area contributed by atoms with E-state index in [9.17, 15) is 0 Å². The molecule has 4 aliphatic carbocycles. The van der Waals surface area contributed by atoms with Gasteiger partial charge in [0, 0.05) is 0 Å². The Morgan fingerprint density at radius 2 is 1.09 bits per heavy atom. The molecule has 4 fully saturated rings. The molecule has 63 valence electrons. The zero-order valence-electron chi connectivity index (χ0n) is 6.88. The molecule has 0 atom stereocenters. The largest absolute Gasteiger partial charge is 0.147 e. The summed E-state index contributed by atoms with van der Waals surface area (Å²) in [5.41, 5.74) is 0. The van der Waals surface area contributed by atoms with Gasteiger partial charge in [0.05, 0.1) is 0 Å². The molecule has 0 aliphatic heterocycles. The summed E-state index contributed by atoms with van der Waals surface area (Å²) in [7, 11) is 0. The van der Waals surface area contributed by atoms with Crippen LogP contribution in [0.5, 0.6) is 0 Å². The van der Waals surface area contributed by atoms with Crippen molar-refractivity contribution in [3.8, 4) is 0 Å². The molecule has 0 spiro atoms. The second-order valence-electron chi connectivity index (χ2n) is 4.67. The van der Waals surface area contributed by atoms with Gasteiger partial charge in [0.25, 0.3) is 0 Å². The van der Waals surface area contributed by atoms with Crippen molar-refractivity contribution < 1.29 is 0 Å². The Hall–Kier alpha value is 0.290. The molecule has 0 heterocycles. The van der Waals surface area contributed by atoms with Gasteiger partial charge in [0.2, 0.25) is 0 Å². The summed E-state index contributed by atoms with van der Waals surface area (Å²) in [5, 5.41) is 0. The quantitative estimate of drug-likeness (QED) is 0.525. The van der Waals surface area contributed by atoms with E-state index in [0.717, 1.165) is 17.8 Å². The Kier molecular flexibility index (Phi) is 1.91. The molecule has 11 heavy (non-hydrogen) atoms. The van der Waals surface area contributed by atoms with Gasteiger partial charge in [-0.2, -0.15) is 0 Å². The maximum atomic E-state index is 1.93. The van der Waals surface area contributed by atoms with Gasteiger partial charge in [-0.05, 0) is 62.2 Å². The first-order valence-corrected chi connectivity index (χ1v) is 4.73. The summed E-state index contributed by atoms with van der Waals surface area (Å²) in [5.74, 6) is 5.35. The highest BCUT2D eigenvalue weighted by molar-refractivity contribution is 5.85. The van der Waals surface area contributed by atoms with Crippen LogP contribution in [0, 0.1) is 23.7 Å². The minimum Gasteiger partial charge on any atom is -0.147 e. The van der Waals surface area contributed by atoms with E-state index in [2.05, 4.69) is 0 Å². The first-order valence-electron chi connectivity index (χ1n) is 4.73. The van der Waals surface area contributed by atoms with Crippen LogP contribution in [0.3, 0.4) is 0 Å². The van der Waals surface area contributed by atoms with E-state index in [4.69, 9.17) is 0 Å². The highest BCUT2D eigenvalue weighted by atomic mass is 35.5. The van der Waals surface area contributed by atoms with Gasteiger partial charge in [-0.3, -0.25) is 0 Å². The molecule has 4 saturated carbocycles. The minimum absolute atomic E-state index is 0. The van der Waals surface area contributed by atoms with Gasteiger partial charge >= 0.3 is 0 Å². The van der Waals surface area contributed by atoms with Crippen molar-refractivity contribution >= 4 is 12.4 Å². The second-order valence-corrected chi connectivity index (χ2v) is 4.67. The molecule has 0 N–H and O–H groups in total. The molecule has 0 amide bonds. The van der Waals surface area contributed by atoms with Crippen molar-refractivity contribution in [2.24, 2.45) is 17.8 Å². The van der Waals surface area contributed by atoms with E-state index in [1.807, 2.05) is 5.92 Å². The maximum Gasteiger partial charge on any atom is -0.0233 e. The van der Waals surface area contributed by atoms with Crippen LogP contribution < -0.4 is 0 Å². The third kappa shape index (κ3) is 1.20. The van der Waals surface area contributed by atoms with E-state index in [1.165, 1.54) is 19.3 Å². The van der Waals surface area contributed by atoms with Crippen LogP contribution in [-0.4, -0.2) is 0 Å². The zero-order chi connectivity index (χ0) is 6.55. The van der Waals surface area contributed by atoms with Gasteiger partial charge < -0.3 is 0 Å². The smallest absolute Gasteiger partial charge is 0.0233 e. The summed E-state index contributed by atoms with van der Waals surface area (Å²) in [6, 6.07) is 0. The number of rotatable bonds is 0. The molecule has 0 aromatic heterocycles. The van der Waals surface area contributed by atoms with Crippen LogP contribution in [0.1, 0.15) is 38.5 Å². The van der Waals surface area contributed by atoms with Crippen LogP contribution >= 0.6 is 12.4 Å². The molecule has 0 nitrogen and oxygen atoms in total. The fourth-order valence-electron chi connectivity index (χ4n) is 3.68. The summed E-state index contributed by atoms with van der Waals surface area (Å²) in [4.78, 5) is 0. The standard InChI is InChI=1S/C10H15.ClH/c1-7-2-9-4-8(1)5-10(3-7)6-9;/h7-9H,1-6H2;1H. The first-order chi connectivity index (χ1) is 4.90. The molecule has 0 unspecified atom stereocenters. The summed E-state index contributed by atoms with van der Waals surface area (Å²) in [6.45, 7) is 0. The van der Waals surface area contributed by atoms with Crippen LogP contribution in [0.15, 0.2) is 0 Å². The highest BCUT2D eigenvalue weighted by Gasteiger charge is 2.42. The predicted octanol–water partition coefficient (Wildman–Crippen LogP) is 3.21. The van der Waals surface area contributed by atoms with Crippen molar-refractivity contribution in [2.45, 2.75) is 38.5 Å². The normalized spacial score (nSPS) is 47.5. The van der Waals surface area contributed by atoms with Gasteiger partial charge in [0.1, 0.15) is 0 Å². The lowest BCUT2D eigenvalue weighted by Crippen LogP contribution is -2.37. The van der Waals surface area contributed by atoms with Crippen LogP contribution in [0.4, 0.5) is 0 Å². The minimum atomic E-state index is 0. The molecule has 0 aromatic carbocycles. The Bertz CT molecular complexity index is 96.4. The predicted molar refractivity (Wildman–Crippen MR) is 48.7 cm³/mol. The number of hydrogen-bond acceptors (Lipinski definition) is 0. The average Bonchev–Trinajstić information content (AvgIpc) is 1.82. The molecule has 4 aliphatic rings. The van der Waals surface area contributed by atoms with Crippen molar-refractivity contribution in [1.82, 2.24) is 0 Å². The van der Waals surface area contributed by atoms with Crippen molar-refractivity contribution in [2.75, 3.05) is 0 Å². The third-order valence-corrected chi connectivity index (χ3v) is 3.73. The Morgan fingerprint density at radius 3 is 1.36 bits per heavy atom. The third-order valence-electron chi connectivity index (χ3n) is 3.73. The zero-order valence-corrected chi connectivity index (χ0v) is 7.70. The number of halogens is 1. The molecule has 0 aromatic rings. The SMILES string of the molecule is C1[C]2CC3CC1CC(C2)C3.Cl. The van der Waals surface area contributed by atoms with Crippen molar-refractivity contribution in [3.63, 3.8) is 0 Å². The summed E-state index contributed by atoms with van der Waals surface area (Å²) >= 11 is 0. The summed E-state index contributed by atoms with van der Waals surface area (Å²) in [6.07, 6.45) is 9.31. The van der Waals surface area contributed by atoms with Crippen LogP contribution in [-0.2, 0) is 0 Å². The van der Waals surface area contributed by atoms with E-state index in [-0.39, 0.29) is 12.4 Å². The Morgan fingerprint density at radius 1 is 0.727 bits per heavy atom. The van der Waals surface area contributed by atoms with Gasteiger partial charge in [0.15, 0.2) is 0 Å². The molecule has 1 radical (unpaired) electrons. The lowest BCUT2D eigenvalue weighted by molar-refractivity contribution is 0.0920. The molecule has 1 heteroatoms.